The predicted octanol–water partition coefficient (Wildman–Crippen LogP) is 3.93. The number of hydrogen-bond donors (Lipinski definition) is 0. The summed E-state index contributed by atoms with van der Waals surface area (Å²) in [6.07, 6.45) is 10.3. The van der Waals surface area contributed by atoms with E-state index >= 15 is 0 Å². The minimum atomic E-state index is 0.298. The minimum absolute atomic E-state index is 0.298. The van der Waals surface area contributed by atoms with Gasteiger partial charge in [0, 0.05) is 6.42 Å². The molecule has 0 radical (unpaired) electrons. The molecule has 0 bridgehead atoms. The van der Waals surface area contributed by atoms with Crippen LogP contribution in [-0.4, -0.2) is 5.78 Å². The van der Waals surface area contributed by atoms with Gasteiger partial charge in [-0.2, -0.15) is 0 Å². The summed E-state index contributed by atoms with van der Waals surface area (Å²) in [5.74, 6) is 1.05. The molecule has 0 fully saturated rings. The molecule has 1 heteroatoms. The monoisotopic (exact) mass is 228 g/mol. The van der Waals surface area contributed by atoms with E-state index in [0.29, 0.717) is 5.78 Å². The van der Waals surface area contributed by atoms with Gasteiger partial charge in [-0.15, -0.1) is 0 Å². The molecule has 17 heavy (non-hydrogen) atoms. The smallest absolute Gasteiger partial charge is 0.155 e. The summed E-state index contributed by atoms with van der Waals surface area (Å²) in [4.78, 5) is 11.2. The largest absolute Gasteiger partial charge is 0.295 e. The van der Waals surface area contributed by atoms with Gasteiger partial charge in [-0.05, 0) is 49.7 Å². The average Bonchev–Trinajstić information content (AvgIpc) is 2.33. The van der Waals surface area contributed by atoms with Crippen LogP contribution in [0, 0.1) is 5.92 Å². The van der Waals surface area contributed by atoms with E-state index in [1.807, 2.05) is 0 Å². The molecule has 1 aliphatic carbocycles. The van der Waals surface area contributed by atoms with Gasteiger partial charge in [0.2, 0.25) is 0 Å². The van der Waals surface area contributed by atoms with Crippen LogP contribution in [0.5, 0.6) is 0 Å². The number of allylic oxidation sites excluding steroid dienone is 2. The molecule has 1 aliphatic rings. The molecule has 2 rings (SSSR count). The van der Waals surface area contributed by atoms with Crippen LogP contribution in [0.25, 0.3) is 0 Å². The Balaban J connectivity index is 1.82. The molecule has 0 aliphatic heterocycles. The van der Waals surface area contributed by atoms with Crippen molar-refractivity contribution in [2.24, 2.45) is 5.92 Å². The first kappa shape index (κ1) is 12.1. The zero-order chi connectivity index (χ0) is 11.9. The Hall–Kier alpha value is -1.37. The molecule has 1 aromatic rings. The molecule has 0 heterocycles. The number of ketones is 1. The maximum atomic E-state index is 11.2. The zero-order valence-corrected chi connectivity index (χ0v) is 10.3. The summed E-state index contributed by atoms with van der Waals surface area (Å²) in [6.45, 7) is 0. The molecule has 90 valence electrons. The number of rotatable bonds is 3. The Kier molecular flexibility index (Phi) is 4.54. The Bertz CT molecular complexity index is 378. The standard InChI is InChI=1S/C16H20O/c17-16-10-4-8-15(9-5-11-16)13-12-14-6-2-1-3-7-14/h1-4,6-7,10,15H,5,8-9,11-13H2. The molecule has 0 N–H and O–H groups in total. The first-order valence-corrected chi connectivity index (χ1v) is 6.58. The maximum absolute atomic E-state index is 11.2. The fourth-order valence-corrected chi connectivity index (χ4v) is 2.44. The fraction of sp³-hybridized carbons (Fsp3) is 0.438. The van der Waals surface area contributed by atoms with E-state index in [-0.39, 0.29) is 0 Å². The Labute approximate surface area is 104 Å². The third kappa shape index (κ3) is 4.18. The van der Waals surface area contributed by atoms with Crippen LogP contribution < -0.4 is 0 Å². The highest BCUT2D eigenvalue weighted by Crippen LogP contribution is 2.22. The van der Waals surface area contributed by atoms with Crippen molar-refractivity contribution < 1.29 is 4.79 Å². The topological polar surface area (TPSA) is 17.1 Å². The second-order valence-electron chi connectivity index (χ2n) is 4.89. The molecule has 0 saturated carbocycles. The second-order valence-corrected chi connectivity index (χ2v) is 4.89. The molecular weight excluding hydrogens is 208 g/mol. The maximum Gasteiger partial charge on any atom is 0.155 e. The molecule has 0 amide bonds. The van der Waals surface area contributed by atoms with Gasteiger partial charge in [-0.1, -0.05) is 36.4 Å². The lowest BCUT2D eigenvalue weighted by Crippen LogP contribution is -2.06. The lowest BCUT2D eigenvalue weighted by Gasteiger charge is -2.16. The number of benzene rings is 1. The van der Waals surface area contributed by atoms with Crippen molar-refractivity contribution >= 4 is 5.78 Å². The lowest BCUT2D eigenvalue weighted by atomic mass is 9.89. The Morgan fingerprint density at radius 3 is 2.82 bits per heavy atom. The molecule has 0 saturated heterocycles. The third-order valence-electron chi connectivity index (χ3n) is 3.49. The van der Waals surface area contributed by atoms with E-state index in [2.05, 4.69) is 36.4 Å². The van der Waals surface area contributed by atoms with Crippen molar-refractivity contribution in [1.82, 2.24) is 0 Å². The van der Waals surface area contributed by atoms with Crippen molar-refractivity contribution in [3.8, 4) is 0 Å². The van der Waals surface area contributed by atoms with Crippen LogP contribution in [-0.2, 0) is 11.2 Å². The highest BCUT2D eigenvalue weighted by atomic mass is 16.1. The molecule has 1 atom stereocenters. The Morgan fingerprint density at radius 1 is 1.18 bits per heavy atom. The molecule has 1 unspecified atom stereocenters. The van der Waals surface area contributed by atoms with Crippen molar-refractivity contribution in [2.45, 2.75) is 38.5 Å². The Morgan fingerprint density at radius 2 is 2.00 bits per heavy atom. The average molecular weight is 228 g/mol. The van der Waals surface area contributed by atoms with Crippen LogP contribution in [0.4, 0.5) is 0 Å². The summed E-state index contributed by atoms with van der Waals surface area (Å²) >= 11 is 0. The molecule has 0 aromatic heterocycles. The zero-order valence-electron chi connectivity index (χ0n) is 10.3. The highest BCUT2D eigenvalue weighted by molar-refractivity contribution is 5.89. The lowest BCUT2D eigenvalue weighted by molar-refractivity contribution is -0.114. The highest BCUT2D eigenvalue weighted by Gasteiger charge is 2.11. The van der Waals surface area contributed by atoms with Gasteiger partial charge in [0.05, 0.1) is 0 Å². The number of aryl methyl sites for hydroxylation is 1. The van der Waals surface area contributed by atoms with Gasteiger partial charge in [-0.25, -0.2) is 0 Å². The predicted molar refractivity (Wildman–Crippen MR) is 70.9 cm³/mol. The van der Waals surface area contributed by atoms with E-state index < -0.39 is 0 Å². The number of carbonyl (C=O) groups is 1. The van der Waals surface area contributed by atoms with Gasteiger partial charge < -0.3 is 0 Å². The molecule has 1 nitrogen and oxygen atoms in total. The van der Waals surface area contributed by atoms with Crippen LogP contribution in [0.1, 0.15) is 37.7 Å². The minimum Gasteiger partial charge on any atom is -0.295 e. The van der Waals surface area contributed by atoms with Crippen LogP contribution in [0.15, 0.2) is 42.5 Å². The summed E-state index contributed by atoms with van der Waals surface area (Å²) in [6, 6.07) is 10.7. The summed E-state index contributed by atoms with van der Waals surface area (Å²) in [5, 5.41) is 0. The molecule has 0 spiro atoms. The molecule has 1 aromatic carbocycles. The van der Waals surface area contributed by atoms with Crippen molar-refractivity contribution in [2.75, 3.05) is 0 Å². The van der Waals surface area contributed by atoms with Crippen LogP contribution >= 0.6 is 0 Å². The fourth-order valence-electron chi connectivity index (χ4n) is 2.44. The molecular formula is C16H20O. The first-order valence-electron chi connectivity index (χ1n) is 6.58. The van der Waals surface area contributed by atoms with Gasteiger partial charge in [0.15, 0.2) is 5.78 Å². The SMILES string of the molecule is O=C1C=CCC(CCc2ccccc2)CCC1. The van der Waals surface area contributed by atoms with Gasteiger partial charge in [-0.3, -0.25) is 4.79 Å². The van der Waals surface area contributed by atoms with Crippen molar-refractivity contribution in [3.63, 3.8) is 0 Å². The van der Waals surface area contributed by atoms with Crippen LogP contribution in [0.2, 0.25) is 0 Å². The van der Waals surface area contributed by atoms with E-state index in [4.69, 9.17) is 0 Å². The summed E-state index contributed by atoms with van der Waals surface area (Å²) < 4.78 is 0. The first-order chi connectivity index (χ1) is 8.34. The summed E-state index contributed by atoms with van der Waals surface area (Å²) in [7, 11) is 0. The normalized spacial score (nSPS) is 20.9. The van der Waals surface area contributed by atoms with Gasteiger partial charge in [0.1, 0.15) is 0 Å². The second kappa shape index (κ2) is 6.39. The number of carbonyl (C=O) groups excluding carboxylic acids is 1. The van der Waals surface area contributed by atoms with Gasteiger partial charge in [0.25, 0.3) is 0 Å². The van der Waals surface area contributed by atoms with Crippen molar-refractivity contribution in [1.29, 1.82) is 0 Å². The van der Waals surface area contributed by atoms with Crippen LogP contribution in [0.3, 0.4) is 0 Å². The quantitative estimate of drug-likeness (QED) is 0.766. The van der Waals surface area contributed by atoms with E-state index in [1.165, 1.54) is 18.4 Å². The number of hydrogen-bond acceptors (Lipinski definition) is 1. The van der Waals surface area contributed by atoms with E-state index in [0.717, 1.165) is 31.6 Å². The van der Waals surface area contributed by atoms with Crippen molar-refractivity contribution in [3.05, 3.63) is 48.0 Å². The van der Waals surface area contributed by atoms with E-state index in [1.54, 1.807) is 6.08 Å². The summed E-state index contributed by atoms with van der Waals surface area (Å²) in [5.41, 5.74) is 1.43. The third-order valence-corrected chi connectivity index (χ3v) is 3.49. The van der Waals surface area contributed by atoms with E-state index in [9.17, 15) is 4.79 Å². The van der Waals surface area contributed by atoms with Gasteiger partial charge >= 0.3 is 0 Å².